The zero-order valence-corrected chi connectivity index (χ0v) is 16.8. The average Bonchev–Trinajstić information content (AvgIpc) is 2.57. The predicted molar refractivity (Wildman–Crippen MR) is 107 cm³/mol. The summed E-state index contributed by atoms with van der Waals surface area (Å²) in [5, 5.41) is 7.62. The van der Waals surface area contributed by atoms with Gasteiger partial charge in [0.2, 0.25) is 5.44 Å². The molecule has 26 heavy (non-hydrogen) atoms. The molecule has 0 spiro atoms. The van der Waals surface area contributed by atoms with Gasteiger partial charge in [-0.15, -0.1) is 11.8 Å². The number of hydrogen-bond acceptors (Lipinski definition) is 6. The number of benzene rings is 1. The minimum atomic E-state index is -0.681. The molecule has 0 saturated carbocycles. The van der Waals surface area contributed by atoms with E-state index in [4.69, 9.17) is 4.74 Å². The van der Waals surface area contributed by atoms with Crippen molar-refractivity contribution in [3.63, 3.8) is 0 Å². The Kier molecular flexibility index (Phi) is 6.47. The van der Waals surface area contributed by atoms with Crippen molar-refractivity contribution >= 4 is 34.8 Å². The summed E-state index contributed by atoms with van der Waals surface area (Å²) in [6.07, 6.45) is 5.22. The van der Waals surface area contributed by atoms with Crippen LogP contribution in [0.3, 0.4) is 0 Å². The molecule has 0 aliphatic rings. The third-order valence-corrected chi connectivity index (χ3v) is 4.42. The number of aromatic nitrogens is 1. The number of pyridine rings is 1. The Bertz CT molecular complexity index is 821. The van der Waals surface area contributed by atoms with Crippen molar-refractivity contribution in [1.29, 1.82) is 0 Å². The molecule has 1 N–H and O–H groups in total. The molecule has 140 valence electrons. The van der Waals surface area contributed by atoms with Crippen LogP contribution in [0.15, 0.2) is 29.6 Å². The smallest absolute Gasteiger partial charge is 0.272 e. The van der Waals surface area contributed by atoms with Crippen LogP contribution in [0.25, 0.3) is 10.9 Å². The lowest BCUT2D eigenvalue weighted by Gasteiger charge is -2.24. The number of thioether (sulfide) groups is 1. The molecule has 0 radical (unpaired) electrons. The fourth-order valence-electron chi connectivity index (χ4n) is 2.50. The molecule has 2 aromatic rings. The number of aryl methyl sites for hydroxylation is 2. The van der Waals surface area contributed by atoms with Gasteiger partial charge in [0.05, 0.1) is 17.3 Å². The van der Waals surface area contributed by atoms with Gasteiger partial charge >= 0.3 is 0 Å². The molecule has 0 bridgehead atoms. The highest BCUT2D eigenvalue weighted by atomic mass is 32.2. The maximum atomic E-state index is 12.6. The molecule has 0 saturated heterocycles. The third-order valence-electron chi connectivity index (χ3n) is 3.68. The van der Waals surface area contributed by atoms with E-state index in [-0.39, 0.29) is 5.91 Å². The van der Waals surface area contributed by atoms with Gasteiger partial charge in [0.1, 0.15) is 12.9 Å². The van der Waals surface area contributed by atoms with Crippen LogP contribution in [-0.4, -0.2) is 41.4 Å². The molecule has 0 aliphatic carbocycles. The number of fused-ring (bicyclic) bond motifs is 1. The molecular weight excluding hydrogens is 350 g/mol. The van der Waals surface area contributed by atoms with E-state index in [1.807, 2.05) is 52.3 Å². The first-order valence-corrected chi connectivity index (χ1v) is 9.50. The van der Waals surface area contributed by atoms with Crippen molar-refractivity contribution in [2.75, 3.05) is 13.4 Å². The van der Waals surface area contributed by atoms with Gasteiger partial charge in [-0.3, -0.25) is 9.78 Å². The van der Waals surface area contributed by atoms with E-state index in [1.165, 1.54) is 25.1 Å². The molecule has 0 aliphatic heterocycles. The lowest BCUT2D eigenvalue weighted by atomic mass is 10.1. The van der Waals surface area contributed by atoms with Crippen LogP contribution in [0.1, 0.15) is 25.0 Å². The molecule has 1 heterocycles. The van der Waals surface area contributed by atoms with E-state index in [0.717, 1.165) is 22.0 Å². The summed E-state index contributed by atoms with van der Waals surface area (Å²) in [7, 11) is 1.46. The van der Waals surface area contributed by atoms with Gasteiger partial charge in [0, 0.05) is 11.6 Å². The lowest BCUT2D eigenvalue weighted by Crippen LogP contribution is -2.49. The normalized spacial score (nSPS) is 13.0. The molecular formula is C19H25N3O3S. The van der Waals surface area contributed by atoms with Crippen LogP contribution < -0.4 is 10.1 Å². The number of hydrogen-bond donors (Lipinski definition) is 1. The monoisotopic (exact) mass is 375 g/mol. The van der Waals surface area contributed by atoms with Gasteiger partial charge in [-0.2, -0.15) is 0 Å². The highest BCUT2D eigenvalue weighted by Gasteiger charge is 2.26. The first kappa shape index (κ1) is 20.0. The molecule has 6 nitrogen and oxygen atoms in total. The van der Waals surface area contributed by atoms with Crippen molar-refractivity contribution < 1.29 is 14.4 Å². The number of ether oxygens (including phenoxy) is 1. The number of carbonyl (C=O) groups is 1. The molecule has 1 unspecified atom stereocenters. The number of nitrogens with one attached hydrogen (secondary N) is 1. The summed E-state index contributed by atoms with van der Waals surface area (Å²) in [5.41, 5.74) is 1.69. The van der Waals surface area contributed by atoms with Gasteiger partial charge in [-0.25, -0.2) is 0 Å². The van der Waals surface area contributed by atoms with Crippen LogP contribution in [0.2, 0.25) is 0 Å². The van der Waals surface area contributed by atoms with Crippen molar-refractivity contribution in [2.45, 2.75) is 38.7 Å². The summed E-state index contributed by atoms with van der Waals surface area (Å²) >= 11 is 1.33. The summed E-state index contributed by atoms with van der Waals surface area (Å²) in [4.78, 5) is 21.7. The van der Waals surface area contributed by atoms with E-state index in [0.29, 0.717) is 5.75 Å². The number of rotatable bonds is 7. The number of amides is 1. The second kappa shape index (κ2) is 8.40. The van der Waals surface area contributed by atoms with E-state index in [9.17, 15) is 4.79 Å². The average molecular weight is 375 g/mol. The van der Waals surface area contributed by atoms with Gasteiger partial charge < -0.3 is 14.9 Å². The molecule has 7 heteroatoms. The van der Waals surface area contributed by atoms with Crippen molar-refractivity contribution in [2.24, 2.45) is 5.16 Å². The summed E-state index contributed by atoms with van der Waals surface area (Å²) in [6.45, 7) is 7.64. The number of carbonyl (C=O) groups excluding carboxylic acids is 1. The number of nitrogens with zero attached hydrogens (tertiary/aromatic N) is 2. The van der Waals surface area contributed by atoms with Crippen LogP contribution in [0.4, 0.5) is 0 Å². The third kappa shape index (κ3) is 5.11. The van der Waals surface area contributed by atoms with Crippen molar-refractivity contribution in [1.82, 2.24) is 10.3 Å². The number of oxime groups is 1. The first-order valence-electron chi connectivity index (χ1n) is 8.22. The highest BCUT2D eigenvalue weighted by Crippen LogP contribution is 2.26. The molecule has 2 rings (SSSR count). The first-order chi connectivity index (χ1) is 12.3. The van der Waals surface area contributed by atoms with Crippen molar-refractivity contribution in [3.8, 4) is 5.75 Å². The van der Waals surface area contributed by atoms with E-state index < -0.39 is 11.0 Å². The molecule has 1 amide bonds. The fourth-order valence-corrected chi connectivity index (χ4v) is 2.98. The molecule has 1 atom stereocenters. The Hall–Kier alpha value is -2.28. The Morgan fingerprint density at radius 2 is 2.08 bits per heavy atom. The standard InChI is InChI=1S/C19H25N3O3S/c1-12-7-14-9-15(8-13(2)16(14)20-10-12)25-18(26-6)17(23)22-19(3,4)11-21-24-5/h7-11,18H,1-6H3,(H,22,23)/b21-11+. The van der Waals surface area contributed by atoms with Gasteiger partial charge in [0.25, 0.3) is 5.91 Å². The largest absolute Gasteiger partial charge is 0.470 e. The maximum absolute atomic E-state index is 12.6. The van der Waals surface area contributed by atoms with Crippen molar-refractivity contribution in [3.05, 3.63) is 35.5 Å². The SMILES string of the molecule is CO/N=C/C(C)(C)NC(=O)C(Oc1cc(C)c2ncc(C)cc2c1)SC. The Morgan fingerprint density at radius 3 is 2.73 bits per heavy atom. The molecule has 0 fully saturated rings. The van der Waals surface area contributed by atoms with Gasteiger partial charge in [-0.05, 0) is 63.3 Å². The Labute approximate surface area is 158 Å². The lowest BCUT2D eigenvalue weighted by molar-refractivity contribution is -0.125. The van der Waals surface area contributed by atoms with E-state index >= 15 is 0 Å². The predicted octanol–water partition coefficient (Wildman–Crippen LogP) is 3.45. The van der Waals surface area contributed by atoms with E-state index in [1.54, 1.807) is 0 Å². The van der Waals surface area contributed by atoms with Crippen LogP contribution >= 0.6 is 11.8 Å². The van der Waals surface area contributed by atoms with Crippen LogP contribution in [0, 0.1) is 13.8 Å². The summed E-state index contributed by atoms with van der Waals surface area (Å²) in [5.74, 6) is 0.408. The van der Waals surface area contributed by atoms with Crippen LogP contribution in [0.5, 0.6) is 5.75 Å². The second-order valence-electron chi connectivity index (χ2n) is 6.64. The van der Waals surface area contributed by atoms with E-state index in [2.05, 4.69) is 26.4 Å². The minimum Gasteiger partial charge on any atom is -0.470 e. The minimum absolute atomic E-state index is 0.231. The second-order valence-corrected chi connectivity index (χ2v) is 7.54. The van der Waals surface area contributed by atoms with Gasteiger partial charge in [0.15, 0.2) is 0 Å². The zero-order valence-electron chi connectivity index (χ0n) is 16.0. The Morgan fingerprint density at radius 1 is 1.35 bits per heavy atom. The molecule has 1 aromatic carbocycles. The maximum Gasteiger partial charge on any atom is 0.272 e. The Balaban J connectivity index is 2.20. The topological polar surface area (TPSA) is 72.8 Å². The molecule has 1 aromatic heterocycles. The van der Waals surface area contributed by atoms with Crippen LogP contribution in [-0.2, 0) is 9.63 Å². The zero-order chi connectivity index (χ0) is 19.3. The highest BCUT2D eigenvalue weighted by molar-refractivity contribution is 7.99. The van der Waals surface area contributed by atoms with Gasteiger partial charge in [-0.1, -0.05) is 5.16 Å². The fraction of sp³-hybridized carbons (Fsp3) is 0.421. The quantitative estimate of drug-likeness (QED) is 0.456. The summed E-state index contributed by atoms with van der Waals surface area (Å²) in [6, 6.07) is 5.87. The summed E-state index contributed by atoms with van der Waals surface area (Å²) < 4.78 is 5.95.